The summed E-state index contributed by atoms with van der Waals surface area (Å²) in [6.07, 6.45) is -3.47. The van der Waals surface area contributed by atoms with Crippen molar-refractivity contribution in [1.29, 1.82) is 0 Å². The molecule has 9 nitrogen and oxygen atoms in total. The molecular formula is C16H16F3N3O6S2. The SMILES string of the molecule is O=C(O)[C@H]1CN(c2ncc(CO)s2)CCN1S(=O)(=O)c1ccc(OC(F)(F)F)cc1. The van der Waals surface area contributed by atoms with Crippen LogP contribution in [0, 0.1) is 0 Å². The molecule has 1 saturated heterocycles. The van der Waals surface area contributed by atoms with Crippen LogP contribution in [-0.4, -0.2) is 65.9 Å². The number of hydrogen-bond donors (Lipinski definition) is 2. The largest absolute Gasteiger partial charge is 0.573 e. The standard InChI is InChI=1S/C16H16F3N3O6S2/c17-16(18,19)28-10-1-3-12(4-2-10)30(26,27)22-6-5-21(8-13(22)14(24)25)15-20-7-11(9-23)29-15/h1-4,7,13,23H,5-6,8-9H2,(H,24,25)/t13-/m1/s1. The van der Waals surface area contributed by atoms with Crippen LogP contribution in [0.15, 0.2) is 35.4 Å². The van der Waals surface area contributed by atoms with Crippen LogP contribution in [0.4, 0.5) is 18.3 Å². The molecule has 2 aromatic rings. The van der Waals surface area contributed by atoms with E-state index < -0.39 is 34.1 Å². The van der Waals surface area contributed by atoms with Gasteiger partial charge in [-0.1, -0.05) is 11.3 Å². The number of aromatic nitrogens is 1. The monoisotopic (exact) mass is 467 g/mol. The van der Waals surface area contributed by atoms with Gasteiger partial charge in [0.15, 0.2) is 5.13 Å². The van der Waals surface area contributed by atoms with Crippen molar-refractivity contribution in [2.75, 3.05) is 24.5 Å². The maximum atomic E-state index is 12.9. The van der Waals surface area contributed by atoms with Gasteiger partial charge in [-0.25, -0.2) is 13.4 Å². The zero-order chi connectivity index (χ0) is 22.1. The molecule has 0 bridgehead atoms. The van der Waals surface area contributed by atoms with Gasteiger partial charge in [0, 0.05) is 25.8 Å². The Morgan fingerprint density at radius 3 is 2.47 bits per heavy atom. The van der Waals surface area contributed by atoms with Gasteiger partial charge < -0.3 is 19.8 Å². The van der Waals surface area contributed by atoms with Crippen LogP contribution in [0.1, 0.15) is 4.88 Å². The van der Waals surface area contributed by atoms with E-state index in [0.29, 0.717) is 10.0 Å². The Hall–Kier alpha value is -2.42. The number of thiazole rings is 1. The number of anilines is 1. The highest BCUT2D eigenvalue weighted by atomic mass is 32.2. The fourth-order valence-corrected chi connectivity index (χ4v) is 5.26. The number of rotatable bonds is 6. The van der Waals surface area contributed by atoms with Crippen molar-refractivity contribution in [3.05, 3.63) is 35.3 Å². The van der Waals surface area contributed by atoms with E-state index in [9.17, 15) is 31.5 Å². The lowest BCUT2D eigenvalue weighted by atomic mass is 10.2. The van der Waals surface area contributed by atoms with E-state index in [1.165, 1.54) is 6.20 Å². The lowest BCUT2D eigenvalue weighted by Crippen LogP contribution is -2.58. The summed E-state index contributed by atoms with van der Waals surface area (Å²) in [5.41, 5.74) is 0. The molecule has 0 unspecified atom stereocenters. The maximum absolute atomic E-state index is 12.9. The van der Waals surface area contributed by atoms with Gasteiger partial charge in [-0.3, -0.25) is 4.79 Å². The molecule has 2 N–H and O–H groups in total. The van der Waals surface area contributed by atoms with Gasteiger partial charge in [-0.05, 0) is 24.3 Å². The van der Waals surface area contributed by atoms with Gasteiger partial charge in [0.1, 0.15) is 11.8 Å². The summed E-state index contributed by atoms with van der Waals surface area (Å²) in [4.78, 5) is 17.7. The smallest absolute Gasteiger partial charge is 0.480 e. The first-order chi connectivity index (χ1) is 14.0. The number of aliphatic carboxylic acids is 1. The number of halogens is 3. The molecule has 1 fully saturated rings. The number of ether oxygens (including phenoxy) is 1. The van der Waals surface area contributed by atoms with Crippen LogP contribution >= 0.6 is 11.3 Å². The highest BCUT2D eigenvalue weighted by Crippen LogP contribution is 2.29. The predicted molar refractivity (Wildman–Crippen MR) is 98.7 cm³/mol. The normalized spacial score (nSPS) is 18.4. The average molecular weight is 467 g/mol. The maximum Gasteiger partial charge on any atom is 0.573 e. The molecule has 1 aliphatic heterocycles. The van der Waals surface area contributed by atoms with Crippen LogP contribution < -0.4 is 9.64 Å². The lowest BCUT2D eigenvalue weighted by molar-refractivity contribution is -0.274. The number of carboxylic acid groups (broad SMARTS) is 1. The van der Waals surface area contributed by atoms with Crippen LogP contribution in [0.3, 0.4) is 0 Å². The first-order valence-electron chi connectivity index (χ1n) is 8.42. The molecule has 1 aromatic heterocycles. The van der Waals surface area contributed by atoms with Crippen molar-refractivity contribution in [2.45, 2.75) is 23.9 Å². The Balaban J connectivity index is 1.81. The van der Waals surface area contributed by atoms with Crippen molar-refractivity contribution < 1.29 is 41.3 Å². The van der Waals surface area contributed by atoms with E-state index in [1.54, 1.807) is 4.90 Å². The Morgan fingerprint density at radius 2 is 1.93 bits per heavy atom. The van der Waals surface area contributed by atoms with Gasteiger partial charge >= 0.3 is 12.3 Å². The highest BCUT2D eigenvalue weighted by molar-refractivity contribution is 7.89. The number of hydrogen-bond acceptors (Lipinski definition) is 8. The van der Waals surface area contributed by atoms with Crippen LogP contribution in [0.2, 0.25) is 0 Å². The molecular weight excluding hydrogens is 451 g/mol. The van der Waals surface area contributed by atoms with E-state index in [-0.39, 0.29) is 31.1 Å². The second kappa shape index (κ2) is 8.37. The molecule has 0 spiro atoms. The van der Waals surface area contributed by atoms with Crippen molar-refractivity contribution in [3.63, 3.8) is 0 Å². The molecule has 164 valence electrons. The summed E-state index contributed by atoms with van der Waals surface area (Å²) < 4.78 is 67.2. The number of aliphatic hydroxyl groups is 1. The van der Waals surface area contributed by atoms with Crippen molar-refractivity contribution >= 4 is 32.5 Å². The van der Waals surface area contributed by atoms with Gasteiger partial charge in [-0.15, -0.1) is 13.2 Å². The number of carboxylic acids is 1. The fraction of sp³-hybridized carbons (Fsp3) is 0.375. The predicted octanol–water partition coefficient (Wildman–Crippen LogP) is 1.50. The van der Waals surface area contributed by atoms with Crippen molar-refractivity contribution in [2.24, 2.45) is 0 Å². The minimum Gasteiger partial charge on any atom is -0.480 e. The third-order valence-electron chi connectivity index (χ3n) is 4.25. The van der Waals surface area contributed by atoms with Gasteiger partial charge in [0.05, 0.1) is 16.4 Å². The first-order valence-corrected chi connectivity index (χ1v) is 10.7. The van der Waals surface area contributed by atoms with Gasteiger partial charge in [0.25, 0.3) is 0 Å². The van der Waals surface area contributed by atoms with E-state index in [4.69, 9.17) is 5.11 Å². The number of benzene rings is 1. The molecule has 30 heavy (non-hydrogen) atoms. The summed E-state index contributed by atoms with van der Waals surface area (Å²) in [5.74, 6) is -1.97. The minimum atomic E-state index is -4.92. The molecule has 1 atom stereocenters. The first kappa shape index (κ1) is 22.3. The van der Waals surface area contributed by atoms with Crippen molar-refractivity contribution in [3.8, 4) is 5.75 Å². The van der Waals surface area contributed by atoms with E-state index >= 15 is 0 Å². The lowest BCUT2D eigenvalue weighted by Gasteiger charge is -2.38. The number of alkyl halides is 3. The number of carbonyl (C=O) groups is 1. The summed E-state index contributed by atoms with van der Waals surface area (Å²) in [6.45, 7) is -0.421. The third kappa shape index (κ3) is 4.83. The van der Waals surface area contributed by atoms with E-state index in [2.05, 4.69) is 9.72 Å². The number of nitrogens with zero attached hydrogens (tertiary/aromatic N) is 3. The highest BCUT2D eigenvalue weighted by Gasteiger charge is 2.41. The summed E-state index contributed by atoms with van der Waals surface area (Å²) >= 11 is 1.16. The Bertz CT molecular complexity index is 1010. The Kier molecular flexibility index (Phi) is 6.21. The topological polar surface area (TPSA) is 120 Å². The van der Waals surface area contributed by atoms with Crippen LogP contribution in [0.25, 0.3) is 0 Å². The minimum absolute atomic E-state index is 0.149. The van der Waals surface area contributed by atoms with Gasteiger partial charge in [-0.2, -0.15) is 4.31 Å². The molecule has 0 radical (unpaired) electrons. The second-order valence-electron chi connectivity index (χ2n) is 6.20. The average Bonchev–Trinajstić information content (AvgIpc) is 3.16. The molecule has 1 aliphatic rings. The molecule has 3 rings (SSSR count). The summed E-state index contributed by atoms with van der Waals surface area (Å²) in [6, 6.07) is 2.11. The Labute approximate surface area is 173 Å². The second-order valence-corrected chi connectivity index (χ2v) is 9.19. The number of piperazine rings is 1. The fourth-order valence-electron chi connectivity index (χ4n) is 2.89. The number of sulfonamides is 1. The zero-order valence-electron chi connectivity index (χ0n) is 15.1. The summed E-state index contributed by atoms with van der Waals surface area (Å²) in [5, 5.41) is 19.2. The molecule has 2 heterocycles. The molecule has 0 saturated carbocycles. The summed E-state index contributed by atoms with van der Waals surface area (Å²) in [7, 11) is -4.29. The van der Waals surface area contributed by atoms with Crippen molar-refractivity contribution in [1.82, 2.24) is 9.29 Å². The quantitative estimate of drug-likeness (QED) is 0.656. The molecule has 0 aliphatic carbocycles. The number of aliphatic hydroxyl groups excluding tert-OH is 1. The van der Waals surface area contributed by atoms with E-state index in [1.807, 2.05) is 0 Å². The van der Waals surface area contributed by atoms with E-state index in [0.717, 1.165) is 39.9 Å². The van der Waals surface area contributed by atoms with Crippen LogP contribution in [0.5, 0.6) is 5.75 Å². The Morgan fingerprint density at radius 1 is 1.27 bits per heavy atom. The molecule has 0 amide bonds. The van der Waals surface area contributed by atoms with Gasteiger partial charge in [0.2, 0.25) is 10.0 Å². The molecule has 1 aromatic carbocycles. The zero-order valence-corrected chi connectivity index (χ0v) is 16.7. The van der Waals surface area contributed by atoms with Crippen LogP contribution in [-0.2, 0) is 21.4 Å². The third-order valence-corrected chi connectivity index (χ3v) is 7.21. The molecule has 14 heteroatoms.